The largest absolute Gasteiger partial charge is 0.383 e. The first-order valence-corrected chi connectivity index (χ1v) is 6.67. The highest BCUT2D eigenvalue weighted by Crippen LogP contribution is 2.17. The van der Waals surface area contributed by atoms with Crippen molar-refractivity contribution >= 4 is 0 Å². The van der Waals surface area contributed by atoms with E-state index in [1.165, 1.54) is 0 Å². The molecule has 0 saturated heterocycles. The first-order chi connectivity index (χ1) is 9.72. The van der Waals surface area contributed by atoms with Gasteiger partial charge in [0.05, 0.1) is 18.8 Å². The van der Waals surface area contributed by atoms with Crippen LogP contribution in [0.4, 0.5) is 0 Å². The van der Waals surface area contributed by atoms with Gasteiger partial charge in [-0.1, -0.05) is 0 Å². The number of methoxy groups -OCH3 is 1. The van der Waals surface area contributed by atoms with Gasteiger partial charge in [0, 0.05) is 38.3 Å². The smallest absolute Gasteiger partial charge is 0.122 e. The third-order valence-electron chi connectivity index (χ3n) is 3.42. The maximum Gasteiger partial charge on any atom is 0.122 e. The second kappa shape index (κ2) is 7.12. The van der Waals surface area contributed by atoms with Crippen molar-refractivity contribution < 1.29 is 4.74 Å². The van der Waals surface area contributed by atoms with E-state index in [0.717, 1.165) is 24.6 Å². The monoisotopic (exact) mass is 275 g/mol. The Balaban J connectivity index is 2.01. The lowest BCUT2D eigenvalue weighted by Crippen LogP contribution is -2.25. The van der Waals surface area contributed by atoms with Crippen molar-refractivity contribution in [2.24, 2.45) is 0 Å². The molecule has 0 amide bonds. The average Bonchev–Trinajstić information content (AvgIpc) is 2.92. The molecule has 2 heterocycles. The summed E-state index contributed by atoms with van der Waals surface area (Å²) in [6.45, 7) is 4.41. The Labute approximate surface area is 119 Å². The van der Waals surface area contributed by atoms with E-state index in [4.69, 9.17) is 4.74 Å². The topological polar surface area (TPSA) is 56.1 Å². The molecular weight excluding hydrogens is 254 g/mol. The van der Waals surface area contributed by atoms with E-state index in [0.29, 0.717) is 6.61 Å². The van der Waals surface area contributed by atoms with Crippen molar-refractivity contribution in [3.63, 3.8) is 0 Å². The molecule has 0 unspecified atom stereocenters. The van der Waals surface area contributed by atoms with Crippen LogP contribution in [0.1, 0.15) is 24.5 Å². The average molecular weight is 275 g/mol. The van der Waals surface area contributed by atoms with Crippen LogP contribution < -0.4 is 0 Å². The van der Waals surface area contributed by atoms with E-state index < -0.39 is 0 Å². The number of hydrogen-bond donors (Lipinski definition) is 0. The molecule has 6 heteroatoms. The third-order valence-corrected chi connectivity index (χ3v) is 3.42. The van der Waals surface area contributed by atoms with Crippen molar-refractivity contribution in [2.75, 3.05) is 20.8 Å². The zero-order valence-corrected chi connectivity index (χ0v) is 12.2. The number of hydrogen-bond acceptors (Lipinski definition) is 5. The van der Waals surface area contributed by atoms with Gasteiger partial charge < -0.3 is 9.30 Å². The summed E-state index contributed by atoms with van der Waals surface area (Å²) in [5, 5.41) is 0. The summed E-state index contributed by atoms with van der Waals surface area (Å²) in [4.78, 5) is 14.9. The fourth-order valence-electron chi connectivity index (χ4n) is 2.02. The van der Waals surface area contributed by atoms with Gasteiger partial charge in [-0.05, 0) is 20.0 Å². The van der Waals surface area contributed by atoms with Crippen LogP contribution in [0, 0.1) is 0 Å². The van der Waals surface area contributed by atoms with E-state index in [9.17, 15) is 0 Å². The Hall–Kier alpha value is -1.79. The quantitative estimate of drug-likeness (QED) is 0.766. The number of nitrogens with zero attached hydrogens (tertiary/aromatic N) is 5. The summed E-state index contributed by atoms with van der Waals surface area (Å²) in [5.41, 5.74) is 1.01. The van der Waals surface area contributed by atoms with Crippen molar-refractivity contribution in [3.05, 3.63) is 42.5 Å². The lowest BCUT2D eigenvalue weighted by atomic mass is 10.2. The Morgan fingerprint density at radius 2 is 2.20 bits per heavy atom. The summed E-state index contributed by atoms with van der Waals surface area (Å²) in [6.07, 6.45) is 7.16. The van der Waals surface area contributed by atoms with Gasteiger partial charge in [-0.15, -0.1) is 0 Å². The first kappa shape index (κ1) is 14.6. The maximum atomic E-state index is 5.11. The minimum atomic E-state index is 0.213. The zero-order chi connectivity index (χ0) is 14.4. The molecule has 0 aliphatic carbocycles. The Kier molecular flexibility index (Phi) is 5.20. The molecule has 0 bridgehead atoms. The maximum absolute atomic E-state index is 5.11. The minimum Gasteiger partial charge on any atom is -0.383 e. The molecule has 0 radical (unpaired) electrons. The number of imidazole rings is 1. The summed E-state index contributed by atoms with van der Waals surface area (Å²) < 4.78 is 7.23. The van der Waals surface area contributed by atoms with Crippen LogP contribution in [0.5, 0.6) is 0 Å². The molecule has 0 spiro atoms. The second-order valence-electron chi connectivity index (χ2n) is 4.75. The third kappa shape index (κ3) is 3.61. The van der Waals surface area contributed by atoms with Gasteiger partial charge in [-0.25, -0.2) is 15.0 Å². The van der Waals surface area contributed by atoms with E-state index in [2.05, 4.69) is 38.4 Å². The molecule has 0 fully saturated rings. The lowest BCUT2D eigenvalue weighted by Gasteiger charge is -2.24. The summed E-state index contributed by atoms with van der Waals surface area (Å²) in [7, 11) is 3.78. The second-order valence-corrected chi connectivity index (χ2v) is 4.75. The van der Waals surface area contributed by atoms with E-state index in [-0.39, 0.29) is 6.04 Å². The van der Waals surface area contributed by atoms with Crippen LogP contribution in [-0.2, 0) is 17.8 Å². The molecule has 6 nitrogen and oxygen atoms in total. The van der Waals surface area contributed by atoms with Gasteiger partial charge in [-0.2, -0.15) is 0 Å². The Morgan fingerprint density at radius 3 is 2.90 bits per heavy atom. The molecule has 20 heavy (non-hydrogen) atoms. The summed E-state index contributed by atoms with van der Waals surface area (Å²) >= 11 is 0. The SMILES string of the molecule is COCCn1ccnc1CN(C)[C@H](C)c1ccncn1. The van der Waals surface area contributed by atoms with Crippen molar-refractivity contribution in [1.82, 2.24) is 24.4 Å². The fourth-order valence-corrected chi connectivity index (χ4v) is 2.02. The van der Waals surface area contributed by atoms with Crippen molar-refractivity contribution in [2.45, 2.75) is 26.1 Å². The van der Waals surface area contributed by atoms with E-state index in [1.54, 1.807) is 19.6 Å². The van der Waals surface area contributed by atoms with E-state index >= 15 is 0 Å². The van der Waals surface area contributed by atoms with Gasteiger partial charge in [-0.3, -0.25) is 4.90 Å². The normalized spacial score (nSPS) is 12.8. The molecule has 0 aliphatic heterocycles. The highest BCUT2D eigenvalue weighted by Gasteiger charge is 2.15. The van der Waals surface area contributed by atoms with Gasteiger partial charge in [0.2, 0.25) is 0 Å². The number of ether oxygens (including phenoxy) is 1. The number of aromatic nitrogens is 4. The Morgan fingerprint density at radius 1 is 1.35 bits per heavy atom. The van der Waals surface area contributed by atoms with Gasteiger partial charge in [0.1, 0.15) is 12.2 Å². The highest BCUT2D eigenvalue weighted by molar-refractivity contribution is 5.04. The first-order valence-electron chi connectivity index (χ1n) is 6.67. The highest BCUT2D eigenvalue weighted by atomic mass is 16.5. The standard InChI is InChI=1S/C14H21N5O/c1-12(13-4-5-15-11-17-13)18(2)10-14-16-6-7-19(14)8-9-20-3/h4-7,11-12H,8-10H2,1-3H3/t12-/m1/s1. The predicted octanol–water partition coefficient (Wildman–Crippen LogP) is 1.51. The zero-order valence-electron chi connectivity index (χ0n) is 12.2. The number of rotatable bonds is 7. The molecule has 1 atom stereocenters. The molecular formula is C14H21N5O. The molecule has 0 N–H and O–H groups in total. The van der Waals surface area contributed by atoms with Crippen LogP contribution in [0.15, 0.2) is 31.0 Å². The minimum absolute atomic E-state index is 0.213. The van der Waals surface area contributed by atoms with Crippen molar-refractivity contribution in [1.29, 1.82) is 0 Å². The lowest BCUT2D eigenvalue weighted by molar-refractivity contribution is 0.182. The van der Waals surface area contributed by atoms with Crippen LogP contribution >= 0.6 is 0 Å². The van der Waals surface area contributed by atoms with Gasteiger partial charge >= 0.3 is 0 Å². The molecule has 0 aromatic carbocycles. The molecule has 2 rings (SSSR count). The Bertz CT molecular complexity index is 513. The van der Waals surface area contributed by atoms with Crippen molar-refractivity contribution in [3.8, 4) is 0 Å². The summed E-state index contributed by atoms with van der Waals surface area (Å²) in [6, 6.07) is 2.16. The van der Waals surface area contributed by atoms with Crippen LogP contribution in [-0.4, -0.2) is 45.2 Å². The van der Waals surface area contributed by atoms with E-state index in [1.807, 2.05) is 18.5 Å². The molecule has 0 saturated carbocycles. The molecule has 2 aromatic heterocycles. The van der Waals surface area contributed by atoms with Gasteiger partial charge in [0.25, 0.3) is 0 Å². The molecule has 108 valence electrons. The van der Waals surface area contributed by atoms with Gasteiger partial charge in [0.15, 0.2) is 0 Å². The van der Waals surface area contributed by atoms with Crippen LogP contribution in [0.25, 0.3) is 0 Å². The summed E-state index contributed by atoms with van der Waals surface area (Å²) in [5.74, 6) is 1.03. The molecule has 2 aromatic rings. The fraction of sp³-hybridized carbons (Fsp3) is 0.500. The predicted molar refractivity (Wildman–Crippen MR) is 76.0 cm³/mol. The van der Waals surface area contributed by atoms with Crippen LogP contribution in [0.3, 0.4) is 0 Å². The molecule has 0 aliphatic rings. The van der Waals surface area contributed by atoms with Crippen LogP contribution in [0.2, 0.25) is 0 Å².